The van der Waals surface area contributed by atoms with Gasteiger partial charge >= 0.3 is 0 Å². The Labute approximate surface area is 219 Å². The molecule has 8 nitrogen and oxygen atoms in total. The zero-order chi connectivity index (χ0) is 26.2. The van der Waals surface area contributed by atoms with Gasteiger partial charge in [-0.3, -0.25) is 19.7 Å². The van der Waals surface area contributed by atoms with Gasteiger partial charge in [-0.25, -0.2) is 4.98 Å². The first-order valence-corrected chi connectivity index (χ1v) is 12.5. The first-order valence-electron chi connectivity index (χ1n) is 12.5. The Morgan fingerprint density at radius 1 is 0.974 bits per heavy atom. The number of carbonyl (C=O) groups excluding carboxylic acids is 3. The maximum Gasteiger partial charge on any atom is 0.255 e. The smallest absolute Gasteiger partial charge is 0.255 e. The van der Waals surface area contributed by atoms with Crippen LogP contribution in [0, 0.1) is 0 Å². The fourth-order valence-electron chi connectivity index (χ4n) is 5.05. The van der Waals surface area contributed by atoms with Crippen molar-refractivity contribution in [3.63, 3.8) is 0 Å². The van der Waals surface area contributed by atoms with E-state index < -0.39 is 11.9 Å². The highest BCUT2D eigenvalue weighted by Gasteiger charge is 2.39. The fourth-order valence-corrected chi connectivity index (χ4v) is 5.05. The van der Waals surface area contributed by atoms with E-state index >= 15 is 0 Å². The summed E-state index contributed by atoms with van der Waals surface area (Å²) < 4.78 is 7.88. The van der Waals surface area contributed by atoms with Gasteiger partial charge < -0.3 is 14.2 Å². The average molecular weight is 507 g/mol. The van der Waals surface area contributed by atoms with Crippen molar-refractivity contribution in [1.29, 1.82) is 0 Å². The zero-order valence-corrected chi connectivity index (χ0v) is 20.9. The quantitative estimate of drug-likeness (QED) is 0.398. The molecule has 1 N–H and O–H groups in total. The Bertz CT molecular complexity index is 1540. The van der Waals surface area contributed by atoms with Gasteiger partial charge in [-0.05, 0) is 53.9 Å². The molecule has 0 saturated carbocycles. The lowest BCUT2D eigenvalue weighted by Gasteiger charge is -2.29. The van der Waals surface area contributed by atoms with Crippen molar-refractivity contribution < 1.29 is 19.1 Å². The molecule has 2 aliphatic heterocycles. The summed E-state index contributed by atoms with van der Waals surface area (Å²) in [5.41, 5.74) is 5.20. The molecule has 2 aliphatic rings. The molecule has 3 aromatic carbocycles. The van der Waals surface area contributed by atoms with Gasteiger partial charge in [0, 0.05) is 42.9 Å². The number of ether oxygens (including phenoxy) is 1. The van der Waals surface area contributed by atoms with Gasteiger partial charge in [-0.2, -0.15) is 0 Å². The number of carbonyl (C=O) groups is 3. The molecule has 0 aliphatic carbocycles. The topological polar surface area (TPSA) is 93.5 Å². The third-order valence-electron chi connectivity index (χ3n) is 7.06. The van der Waals surface area contributed by atoms with Crippen LogP contribution in [0.1, 0.15) is 34.3 Å². The van der Waals surface area contributed by atoms with Crippen LogP contribution in [0.3, 0.4) is 0 Å². The summed E-state index contributed by atoms with van der Waals surface area (Å²) >= 11 is 0. The summed E-state index contributed by atoms with van der Waals surface area (Å²) in [5, 5.41) is 2.34. The highest BCUT2D eigenvalue weighted by molar-refractivity contribution is 6.05. The highest BCUT2D eigenvalue weighted by Crippen LogP contribution is 2.32. The monoisotopic (exact) mass is 506 g/mol. The largest absolute Gasteiger partial charge is 0.489 e. The molecule has 1 unspecified atom stereocenters. The number of aryl methyl sites for hydroxylation is 1. The van der Waals surface area contributed by atoms with Gasteiger partial charge in [-0.15, -0.1) is 0 Å². The Hall–Kier alpha value is -4.72. The molecular formula is C30H26N4O4. The summed E-state index contributed by atoms with van der Waals surface area (Å²) in [6.07, 6.45) is 2.54. The number of rotatable bonds is 6. The van der Waals surface area contributed by atoms with Crippen molar-refractivity contribution in [2.75, 3.05) is 0 Å². The van der Waals surface area contributed by atoms with Crippen molar-refractivity contribution in [3.05, 3.63) is 95.7 Å². The highest BCUT2D eigenvalue weighted by atomic mass is 16.5. The van der Waals surface area contributed by atoms with Crippen LogP contribution >= 0.6 is 0 Å². The van der Waals surface area contributed by atoms with E-state index in [4.69, 9.17) is 9.72 Å². The van der Waals surface area contributed by atoms with Crippen LogP contribution < -0.4 is 10.1 Å². The zero-order valence-electron chi connectivity index (χ0n) is 20.9. The number of aromatic nitrogens is 2. The number of nitrogens with zero attached hydrogens (tertiary/aromatic N) is 3. The summed E-state index contributed by atoms with van der Waals surface area (Å²) in [6.45, 7) is 0.840. The van der Waals surface area contributed by atoms with Crippen LogP contribution in [0.15, 0.2) is 79.0 Å². The standard InChI is InChI=1S/C30H26N4O4/c1-33-17-25(31-28(33)20-7-10-23(11-8-20)38-18-19-5-3-2-4-6-19)21-9-12-24-22(15-21)16-34(30(24)37)26-13-14-27(35)32-29(26)36/h2-12,15,17,26H,13-14,16,18H2,1H3,(H,32,35,36). The van der Waals surface area contributed by atoms with Crippen LogP contribution in [0.2, 0.25) is 0 Å². The lowest BCUT2D eigenvalue weighted by Crippen LogP contribution is -2.52. The van der Waals surface area contributed by atoms with E-state index in [0.29, 0.717) is 25.1 Å². The van der Waals surface area contributed by atoms with Crippen molar-refractivity contribution in [3.8, 4) is 28.4 Å². The van der Waals surface area contributed by atoms with Crippen LogP contribution in [0.4, 0.5) is 0 Å². The number of imidazole rings is 1. The summed E-state index contributed by atoms with van der Waals surface area (Å²) in [7, 11) is 1.95. The second-order valence-corrected chi connectivity index (χ2v) is 9.63. The number of hydrogen-bond donors (Lipinski definition) is 1. The van der Waals surface area contributed by atoms with Gasteiger partial charge in [0.2, 0.25) is 11.8 Å². The Morgan fingerprint density at radius 2 is 1.74 bits per heavy atom. The minimum atomic E-state index is -0.628. The molecule has 1 aromatic heterocycles. The Morgan fingerprint density at radius 3 is 2.50 bits per heavy atom. The van der Waals surface area contributed by atoms with E-state index in [-0.39, 0.29) is 18.2 Å². The lowest BCUT2D eigenvalue weighted by atomic mass is 10.0. The molecule has 3 heterocycles. The average Bonchev–Trinajstić information content (AvgIpc) is 3.48. The van der Waals surface area contributed by atoms with E-state index in [1.807, 2.05) is 84.5 Å². The van der Waals surface area contributed by atoms with Crippen LogP contribution in [-0.4, -0.2) is 38.2 Å². The Balaban J connectivity index is 1.18. The van der Waals surface area contributed by atoms with Crippen molar-refractivity contribution in [2.45, 2.75) is 32.0 Å². The SMILES string of the molecule is Cn1cc(-c2ccc3c(c2)CN(C2CCC(=O)NC2=O)C3=O)nc1-c1ccc(OCc2ccccc2)cc1. The van der Waals surface area contributed by atoms with Crippen molar-refractivity contribution in [1.82, 2.24) is 19.8 Å². The minimum Gasteiger partial charge on any atom is -0.489 e. The van der Waals surface area contributed by atoms with Crippen molar-refractivity contribution >= 4 is 17.7 Å². The number of nitrogens with one attached hydrogen (secondary N) is 1. The number of hydrogen-bond acceptors (Lipinski definition) is 5. The van der Waals surface area contributed by atoms with Gasteiger partial charge in [0.25, 0.3) is 5.91 Å². The van der Waals surface area contributed by atoms with E-state index in [9.17, 15) is 14.4 Å². The van der Waals surface area contributed by atoms with Gasteiger partial charge in [0.15, 0.2) is 0 Å². The van der Waals surface area contributed by atoms with E-state index in [1.54, 1.807) is 11.0 Å². The fraction of sp³-hybridized carbons (Fsp3) is 0.200. The van der Waals surface area contributed by atoms with E-state index in [2.05, 4.69) is 5.32 Å². The maximum absolute atomic E-state index is 13.0. The number of piperidine rings is 1. The Kier molecular flexibility index (Phi) is 5.99. The third-order valence-corrected chi connectivity index (χ3v) is 7.06. The number of imide groups is 1. The second-order valence-electron chi connectivity index (χ2n) is 9.63. The van der Waals surface area contributed by atoms with Crippen LogP contribution in [-0.2, 0) is 29.8 Å². The molecule has 3 amide bonds. The van der Waals surface area contributed by atoms with Crippen LogP contribution in [0.25, 0.3) is 22.6 Å². The molecule has 4 aromatic rings. The lowest BCUT2D eigenvalue weighted by molar-refractivity contribution is -0.136. The predicted octanol–water partition coefficient (Wildman–Crippen LogP) is 4.09. The van der Waals surface area contributed by atoms with Crippen molar-refractivity contribution in [2.24, 2.45) is 7.05 Å². The molecule has 1 saturated heterocycles. The molecule has 6 rings (SSSR count). The normalized spacial score (nSPS) is 16.9. The predicted molar refractivity (Wildman–Crippen MR) is 141 cm³/mol. The van der Waals surface area contributed by atoms with E-state index in [0.717, 1.165) is 39.5 Å². The van der Waals surface area contributed by atoms with Gasteiger partial charge in [-0.1, -0.05) is 36.4 Å². The molecule has 0 radical (unpaired) electrons. The molecule has 0 spiro atoms. The number of fused-ring (bicyclic) bond motifs is 1. The molecule has 38 heavy (non-hydrogen) atoms. The number of amides is 3. The molecular weight excluding hydrogens is 480 g/mol. The summed E-state index contributed by atoms with van der Waals surface area (Å²) in [6, 6.07) is 22.9. The maximum atomic E-state index is 13.0. The molecule has 1 fully saturated rings. The summed E-state index contributed by atoms with van der Waals surface area (Å²) in [5.74, 6) is 0.719. The number of benzene rings is 3. The first kappa shape index (κ1) is 23.7. The molecule has 1 atom stereocenters. The molecule has 0 bridgehead atoms. The molecule has 190 valence electrons. The van der Waals surface area contributed by atoms with E-state index in [1.165, 1.54) is 0 Å². The van der Waals surface area contributed by atoms with Gasteiger partial charge in [0.1, 0.15) is 24.2 Å². The third kappa shape index (κ3) is 4.45. The minimum absolute atomic E-state index is 0.183. The molecule has 8 heteroatoms. The first-order chi connectivity index (χ1) is 18.5. The summed E-state index contributed by atoms with van der Waals surface area (Å²) in [4.78, 5) is 43.3. The second kappa shape index (κ2) is 9.63. The van der Waals surface area contributed by atoms with Crippen LogP contribution in [0.5, 0.6) is 5.75 Å². The van der Waals surface area contributed by atoms with Gasteiger partial charge in [0.05, 0.1) is 5.69 Å².